The van der Waals surface area contributed by atoms with Gasteiger partial charge < -0.3 is 20.5 Å². The molecule has 12 heteroatoms. The van der Waals surface area contributed by atoms with Crippen LogP contribution in [0.1, 0.15) is 111 Å². The highest BCUT2D eigenvalue weighted by molar-refractivity contribution is 6.76. The molecule has 11 nitrogen and oxygen atoms in total. The van der Waals surface area contributed by atoms with Crippen LogP contribution >= 0.6 is 0 Å². The minimum atomic E-state index is -1.18. The summed E-state index contributed by atoms with van der Waals surface area (Å²) in [5.41, 5.74) is 11.1. The summed E-state index contributed by atoms with van der Waals surface area (Å²) in [5, 5.41) is 12.7. The molecule has 0 radical (unpaired) electrons. The third-order valence-corrected chi connectivity index (χ3v) is 13.0. The molecule has 0 saturated heterocycles. The summed E-state index contributed by atoms with van der Waals surface area (Å²) in [4.78, 5) is 32.7. The summed E-state index contributed by atoms with van der Waals surface area (Å²) in [5.74, 6) is 0.0895. The number of carbonyl (C=O) groups is 2. The van der Waals surface area contributed by atoms with Gasteiger partial charge in [0, 0.05) is 63.5 Å². The van der Waals surface area contributed by atoms with Gasteiger partial charge in [-0.15, -0.1) is 0 Å². The van der Waals surface area contributed by atoms with Crippen molar-refractivity contribution in [3.8, 4) is 11.1 Å². The molecule has 52 heavy (non-hydrogen) atoms. The van der Waals surface area contributed by atoms with Crippen molar-refractivity contribution in [2.75, 3.05) is 25.6 Å². The first-order valence-electron chi connectivity index (χ1n) is 19.8. The van der Waals surface area contributed by atoms with Gasteiger partial charge in [0.1, 0.15) is 18.2 Å². The topological polar surface area (TPSA) is 139 Å². The van der Waals surface area contributed by atoms with Crippen molar-refractivity contribution in [1.82, 2.24) is 24.5 Å². The minimum Gasteiger partial charge on any atom is -0.385 e. The van der Waals surface area contributed by atoms with E-state index in [-0.39, 0.29) is 11.8 Å². The number of nitrogens with two attached hydrogens (primary N) is 1. The van der Waals surface area contributed by atoms with Crippen molar-refractivity contribution in [2.24, 2.45) is 23.5 Å². The molecular formula is C40H63N7O4Si. The van der Waals surface area contributed by atoms with Crippen LogP contribution in [-0.2, 0) is 34.0 Å². The first-order chi connectivity index (χ1) is 25.0. The van der Waals surface area contributed by atoms with E-state index in [9.17, 15) is 9.59 Å². The van der Waals surface area contributed by atoms with Crippen molar-refractivity contribution >= 4 is 25.7 Å². The molecule has 286 valence electrons. The molecule has 2 amide bonds. The molecule has 0 aromatic carbocycles. The molecule has 1 atom stereocenters. The molecule has 2 fully saturated rings. The lowest BCUT2D eigenvalue weighted by Gasteiger charge is -2.41. The number of methoxy groups -OCH3 is 1. The Bertz CT molecular complexity index is 1580. The maximum Gasteiger partial charge on any atom is 0.267 e. The summed E-state index contributed by atoms with van der Waals surface area (Å²) >= 11 is 0. The number of amides is 2. The van der Waals surface area contributed by atoms with Crippen molar-refractivity contribution < 1.29 is 19.1 Å². The fourth-order valence-corrected chi connectivity index (χ4v) is 9.49. The van der Waals surface area contributed by atoms with Crippen molar-refractivity contribution in [3.05, 3.63) is 47.2 Å². The predicted octanol–water partition coefficient (Wildman–Crippen LogP) is 7.96. The molecule has 2 aliphatic rings. The maximum absolute atomic E-state index is 14.8. The standard InChI is InChI=1S/C40H63N7O4Si/c1-7-33-35(28(2)45-47(33)27-51-23-24-52(4,5)6)31-19-20-34(42-25-31)44-40(49)37(32-26-43-46(21-14-22-50-3)38(32)39(41)48)36(29-15-10-8-11-16-29)30-17-12-9-13-18-30/h19-20,25-26,29-30,36-37H,7-18,21-24,27H2,1-6H3,(H2,41,48)(H,42,44,49). The highest BCUT2D eigenvalue weighted by Gasteiger charge is 2.43. The fourth-order valence-electron chi connectivity index (χ4n) is 8.74. The molecule has 1 unspecified atom stereocenters. The second-order valence-electron chi connectivity index (χ2n) is 16.3. The molecule has 3 aromatic heterocycles. The quantitative estimate of drug-likeness (QED) is 0.0999. The highest BCUT2D eigenvalue weighted by atomic mass is 28.3. The first kappa shape index (κ1) is 39.8. The molecule has 0 spiro atoms. The minimum absolute atomic E-state index is 0.0863. The number of rotatable bonds is 18. The molecule has 5 rings (SSSR count). The Morgan fingerprint density at radius 1 is 0.981 bits per heavy atom. The molecule has 0 bridgehead atoms. The van der Waals surface area contributed by atoms with E-state index in [0.29, 0.717) is 55.2 Å². The van der Waals surface area contributed by atoms with E-state index in [4.69, 9.17) is 25.3 Å². The van der Waals surface area contributed by atoms with Gasteiger partial charge >= 0.3 is 0 Å². The van der Waals surface area contributed by atoms with Crippen LogP contribution in [0.2, 0.25) is 25.7 Å². The average Bonchev–Trinajstić information content (AvgIpc) is 3.69. The zero-order chi connectivity index (χ0) is 37.3. The Labute approximate surface area is 311 Å². The lowest BCUT2D eigenvalue weighted by atomic mass is 9.63. The SMILES string of the molecule is CCc1c(-c2ccc(NC(=O)C(c3cnn(CCCOC)c3C(N)=O)C(C3CCCCC3)C3CCCCC3)nc2)c(C)nn1COCC[Si](C)(C)C. The summed E-state index contributed by atoms with van der Waals surface area (Å²) < 4.78 is 15.0. The summed E-state index contributed by atoms with van der Waals surface area (Å²) in [6, 6.07) is 5.01. The van der Waals surface area contributed by atoms with E-state index in [2.05, 4.69) is 37.0 Å². The first-order valence-corrected chi connectivity index (χ1v) is 23.5. The number of aryl methyl sites for hydroxylation is 2. The Morgan fingerprint density at radius 3 is 2.21 bits per heavy atom. The normalized spacial score (nSPS) is 16.8. The van der Waals surface area contributed by atoms with E-state index in [1.165, 1.54) is 38.5 Å². The average molecular weight is 734 g/mol. The summed E-state index contributed by atoms with van der Waals surface area (Å²) in [6.07, 6.45) is 16.6. The van der Waals surface area contributed by atoms with Crippen LogP contribution in [0.4, 0.5) is 5.82 Å². The highest BCUT2D eigenvalue weighted by Crippen LogP contribution is 2.48. The zero-order valence-corrected chi connectivity index (χ0v) is 33.6. The van der Waals surface area contributed by atoms with Crippen LogP contribution in [0, 0.1) is 24.7 Å². The number of nitrogens with one attached hydrogen (secondary N) is 1. The van der Waals surface area contributed by atoms with Gasteiger partial charge in [-0.1, -0.05) is 90.8 Å². The Kier molecular flexibility index (Phi) is 14.3. The van der Waals surface area contributed by atoms with Gasteiger partial charge in [0.25, 0.3) is 5.91 Å². The van der Waals surface area contributed by atoms with Gasteiger partial charge in [-0.25, -0.2) is 9.67 Å². The van der Waals surface area contributed by atoms with Crippen LogP contribution in [0.25, 0.3) is 11.1 Å². The lowest BCUT2D eigenvalue weighted by molar-refractivity contribution is -0.120. The number of hydrogen-bond acceptors (Lipinski definition) is 7. The molecule has 3 heterocycles. The predicted molar refractivity (Wildman–Crippen MR) is 209 cm³/mol. The van der Waals surface area contributed by atoms with E-state index in [0.717, 1.165) is 67.3 Å². The number of anilines is 1. The molecule has 0 aliphatic heterocycles. The van der Waals surface area contributed by atoms with Crippen LogP contribution in [0.3, 0.4) is 0 Å². The Balaban J connectivity index is 1.45. The van der Waals surface area contributed by atoms with Crippen LogP contribution in [-0.4, -0.2) is 64.8 Å². The maximum atomic E-state index is 14.8. The molecule has 2 aliphatic carbocycles. The lowest BCUT2D eigenvalue weighted by Crippen LogP contribution is -2.39. The number of aromatic nitrogens is 5. The van der Waals surface area contributed by atoms with Gasteiger partial charge in [0.2, 0.25) is 5.91 Å². The van der Waals surface area contributed by atoms with Crippen molar-refractivity contribution in [1.29, 1.82) is 0 Å². The van der Waals surface area contributed by atoms with E-state index in [1.54, 1.807) is 18.0 Å². The number of nitrogens with zero attached hydrogens (tertiary/aromatic N) is 5. The molecule has 3 N–H and O–H groups in total. The molecular weight excluding hydrogens is 671 g/mol. The van der Waals surface area contributed by atoms with Gasteiger partial charge in [0.15, 0.2) is 0 Å². The smallest absolute Gasteiger partial charge is 0.267 e. The number of pyridine rings is 1. The van der Waals surface area contributed by atoms with Crippen molar-refractivity contribution in [2.45, 2.75) is 136 Å². The Morgan fingerprint density at radius 2 is 1.65 bits per heavy atom. The van der Waals surface area contributed by atoms with Gasteiger partial charge in [-0.05, 0) is 55.7 Å². The van der Waals surface area contributed by atoms with Crippen LogP contribution in [0.15, 0.2) is 24.5 Å². The van der Waals surface area contributed by atoms with E-state index in [1.807, 2.05) is 29.9 Å². The Hall–Kier alpha value is -3.35. The van der Waals surface area contributed by atoms with E-state index < -0.39 is 19.9 Å². The van der Waals surface area contributed by atoms with Crippen LogP contribution in [0.5, 0.6) is 0 Å². The molecule has 2 saturated carbocycles. The van der Waals surface area contributed by atoms with Crippen LogP contribution < -0.4 is 11.1 Å². The molecule has 3 aromatic rings. The number of ether oxygens (including phenoxy) is 2. The second-order valence-corrected chi connectivity index (χ2v) is 21.9. The number of primary amides is 1. The summed E-state index contributed by atoms with van der Waals surface area (Å²) in [6.45, 7) is 13.4. The third-order valence-electron chi connectivity index (χ3n) is 11.3. The van der Waals surface area contributed by atoms with Crippen molar-refractivity contribution in [3.63, 3.8) is 0 Å². The number of carbonyl (C=O) groups excluding carboxylic acids is 2. The zero-order valence-electron chi connectivity index (χ0n) is 32.6. The van der Waals surface area contributed by atoms with E-state index >= 15 is 0 Å². The monoisotopic (exact) mass is 733 g/mol. The summed E-state index contributed by atoms with van der Waals surface area (Å²) in [7, 11) is 0.480. The largest absolute Gasteiger partial charge is 0.385 e. The number of hydrogen-bond donors (Lipinski definition) is 2. The van der Waals surface area contributed by atoms with Gasteiger partial charge in [-0.3, -0.25) is 14.3 Å². The second kappa shape index (κ2) is 18.6. The fraction of sp³-hybridized carbons (Fsp3) is 0.675. The van der Waals surface area contributed by atoms with Gasteiger partial charge in [0.05, 0.1) is 17.8 Å². The third kappa shape index (κ3) is 9.99. The van der Waals surface area contributed by atoms with Gasteiger partial charge in [-0.2, -0.15) is 10.2 Å².